The van der Waals surface area contributed by atoms with Gasteiger partial charge in [-0.25, -0.2) is 4.79 Å². The van der Waals surface area contributed by atoms with E-state index in [1.54, 1.807) is 13.0 Å². The number of esters is 1. The number of hydrogen-bond acceptors (Lipinski definition) is 3. The highest BCUT2D eigenvalue weighted by molar-refractivity contribution is 5.97. The van der Waals surface area contributed by atoms with Crippen LogP contribution in [0.4, 0.5) is 0 Å². The van der Waals surface area contributed by atoms with Crippen LogP contribution in [0, 0.1) is 0 Å². The Kier molecular flexibility index (Phi) is 6.22. The number of rotatable bonds is 4. The molecule has 0 saturated heterocycles. The van der Waals surface area contributed by atoms with E-state index in [4.69, 9.17) is 10.5 Å². The number of carbonyl (C=O) groups excluding carboxylic acids is 1. The highest BCUT2D eigenvalue weighted by Gasteiger charge is 2.12. The van der Waals surface area contributed by atoms with E-state index in [9.17, 15) is 4.79 Å². The molecule has 0 aliphatic rings. The van der Waals surface area contributed by atoms with Gasteiger partial charge in [-0.15, -0.1) is 12.4 Å². The summed E-state index contributed by atoms with van der Waals surface area (Å²) in [6, 6.07) is 15.3. The lowest BCUT2D eigenvalue weighted by atomic mass is 9.99. The van der Waals surface area contributed by atoms with Crippen molar-refractivity contribution in [3.8, 4) is 11.1 Å². The molecule has 0 aromatic heterocycles. The molecule has 0 aliphatic carbocycles. The average molecular weight is 292 g/mol. The molecule has 2 N–H and O–H groups in total. The number of ether oxygens (including phenoxy) is 1. The van der Waals surface area contributed by atoms with E-state index in [-0.39, 0.29) is 18.4 Å². The summed E-state index contributed by atoms with van der Waals surface area (Å²) in [4.78, 5) is 11.9. The summed E-state index contributed by atoms with van der Waals surface area (Å²) < 4.78 is 5.08. The molecule has 2 aromatic carbocycles. The monoisotopic (exact) mass is 291 g/mol. The first-order chi connectivity index (χ1) is 9.26. The Morgan fingerprint density at radius 3 is 2.35 bits per heavy atom. The quantitative estimate of drug-likeness (QED) is 0.878. The first kappa shape index (κ1) is 16.2. The van der Waals surface area contributed by atoms with Crippen molar-refractivity contribution in [1.82, 2.24) is 0 Å². The third kappa shape index (κ3) is 3.59. The van der Waals surface area contributed by atoms with Crippen molar-refractivity contribution in [2.24, 2.45) is 5.73 Å². The van der Waals surface area contributed by atoms with Crippen molar-refractivity contribution in [2.75, 3.05) is 6.61 Å². The lowest BCUT2D eigenvalue weighted by molar-refractivity contribution is 0.0527. The van der Waals surface area contributed by atoms with Crippen molar-refractivity contribution in [3.05, 3.63) is 59.7 Å². The highest BCUT2D eigenvalue weighted by atomic mass is 35.5. The third-order valence-corrected chi connectivity index (χ3v) is 2.92. The van der Waals surface area contributed by atoms with Gasteiger partial charge >= 0.3 is 5.97 Å². The van der Waals surface area contributed by atoms with E-state index >= 15 is 0 Å². The minimum Gasteiger partial charge on any atom is -0.462 e. The Bertz CT molecular complexity index is 567. The van der Waals surface area contributed by atoms with E-state index in [0.717, 1.165) is 16.7 Å². The summed E-state index contributed by atoms with van der Waals surface area (Å²) in [5, 5.41) is 0. The fraction of sp³-hybridized carbons (Fsp3) is 0.188. The topological polar surface area (TPSA) is 52.3 Å². The molecule has 2 aromatic rings. The Morgan fingerprint density at radius 2 is 1.75 bits per heavy atom. The third-order valence-electron chi connectivity index (χ3n) is 2.92. The lowest BCUT2D eigenvalue weighted by Gasteiger charge is -2.09. The molecular formula is C16H18ClNO2. The summed E-state index contributed by atoms with van der Waals surface area (Å²) in [5.41, 5.74) is 9.10. The number of benzene rings is 2. The molecule has 0 aliphatic heterocycles. The minimum atomic E-state index is -0.291. The van der Waals surface area contributed by atoms with Crippen LogP contribution in [0.5, 0.6) is 0 Å². The molecule has 0 amide bonds. The Labute approximate surface area is 125 Å². The van der Waals surface area contributed by atoms with Gasteiger partial charge < -0.3 is 10.5 Å². The molecule has 2 rings (SSSR count). The first-order valence-electron chi connectivity index (χ1n) is 6.31. The zero-order valence-electron chi connectivity index (χ0n) is 11.3. The molecule has 0 bridgehead atoms. The van der Waals surface area contributed by atoms with Crippen molar-refractivity contribution in [1.29, 1.82) is 0 Å². The normalized spacial score (nSPS) is 9.70. The molecule has 4 heteroatoms. The maximum absolute atomic E-state index is 11.9. The van der Waals surface area contributed by atoms with Gasteiger partial charge in [-0.3, -0.25) is 0 Å². The van der Waals surface area contributed by atoms with Crippen LogP contribution in [-0.4, -0.2) is 12.6 Å². The van der Waals surface area contributed by atoms with Crippen LogP contribution < -0.4 is 5.73 Å². The van der Waals surface area contributed by atoms with Gasteiger partial charge in [-0.05, 0) is 29.7 Å². The Balaban J connectivity index is 0.00000200. The van der Waals surface area contributed by atoms with Crippen LogP contribution in [0.15, 0.2) is 48.5 Å². The van der Waals surface area contributed by atoms with Gasteiger partial charge in [0.1, 0.15) is 0 Å². The predicted octanol–water partition coefficient (Wildman–Crippen LogP) is 3.41. The molecule has 0 fully saturated rings. The SMILES string of the molecule is CCOC(=O)c1ccccc1-c1ccc(CN)cc1.Cl. The van der Waals surface area contributed by atoms with Gasteiger partial charge in [0.2, 0.25) is 0 Å². The molecule has 3 nitrogen and oxygen atoms in total. The number of carbonyl (C=O) groups is 1. The number of hydrogen-bond donors (Lipinski definition) is 1. The summed E-state index contributed by atoms with van der Waals surface area (Å²) in [6.45, 7) is 2.69. The molecule has 20 heavy (non-hydrogen) atoms. The maximum Gasteiger partial charge on any atom is 0.338 e. The molecule has 0 spiro atoms. The molecule has 0 saturated carbocycles. The van der Waals surface area contributed by atoms with Crippen molar-refractivity contribution < 1.29 is 9.53 Å². The molecule has 0 heterocycles. The second-order valence-electron chi connectivity index (χ2n) is 4.17. The van der Waals surface area contributed by atoms with Crippen LogP contribution >= 0.6 is 12.4 Å². The number of nitrogens with two attached hydrogens (primary N) is 1. The second-order valence-corrected chi connectivity index (χ2v) is 4.17. The fourth-order valence-electron chi connectivity index (χ4n) is 1.94. The van der Waals surface area contributed by atoms with Crippen LogP contribution in [0.1, 0.15) is 22.8 Å². The van der Waals surface area contributed by atoms with E-state index in [2.05, 4.69) is 0 Å². The highest BCUT2D eigenvalue weighted by Crippen LogP contribution is 2.24. The van der Waals surface area contributed by atoms with Gasteiger partial charge in [-0.1, -0.05) is 42.5 Å². The maximum atomic E-state index is 11.9. The molecule has 0 radical (unpaired) electrons. The van der Waals surface area contributed by atoms with Crippen molar-refractivity contribution in [3.63, 3.8) is 0 Å². The zero-order chi connectivity index (χ0) is 13.7. The standard InChI is InChI=1S/C16H17NO2.ClH/c1-2-19-16(18)15-6-4-3-5-14(15)13-9-7-12(11-17)8-10-13;/h3-10H,2,11,17H2,1H3;1H. The second kappa shape index (κ2) is 7.68. The summed E-state index contributed by atoms with van der Waals surface area (Å²) in [6.07, 6.45) is 0. The Morgan fingerprint density at radius 1 is 1.10 bits per heavy atom. The van der Waals surface area contributed by atoms with E-state index in [0.29, 0.717) is 18.7 Å². The van der Waals surface area contributed by atoms with Gasteiger partial charge in [0, 0.05) is 6.54 Å². The molecule has 106 valence electrons. The first-order valence-corrected chi connectivity index (χ1v) is 6.31. The predicted molar refractivity (Wildman–Crippen MR) is 83.0 cm³/mol. The van der Waals surface area contributed by atoms with Crippen LogP contribution in [0.25, 0.3) is 11.1 Å². The van der Waals surface area contributed by atoms with Crippen LogP contribution in [0.2, 0.25) is 0 Å². The van der Waals surface area contributed by atoms with Gasteiger partial charge in [0.05, 0.1) is 12.2 Å². The van der Waals surface area contributed by atoms with E-state index < -0.39 is 0 Å². The smallest absolute Gasteiger partial charge is 0.338 e. The minimum absolute atomic E-state index is 0. The largest absolute Gasteiger partial charge is 0.462 e. The van der Waals surface area contributed by atoms with E-state index in [1.165, 1.54) is 0 Å². The van der Waals surface area contributed by atoms with Crippen molar-refractivity contribution in [2.45, 2.75) is 13.5 Å². The number of halogens is 1. The molecule has 0 atom stereocenters. The zero-order valence-corrected chi connectivity index (χ0v) is 12.2. The average Bonchev–Trinajstić information content (AvgIpc) is 2.47. The molecular weight excluding hydrogens is 274 g/mol. The van der Waals surface area contributed by atoms with Gasteiger partial charge in [0.25, 0.3) is 0 Å². The van der Waals surface area contributed by atoms with Gasteiger partial charge in [0.15, 0.2) is 0 Å². The summed E-state index contributed by atoms with van der Waals surface area (Å²) >= 11 is 0. The molecule has 0 unspecified atom stereocenters. The van der Waals surface area contributed by atoms with E-state index in [1.807, 2.05) is 42.5 Å². The fourth-order valence-corrected chi connectivity index (χ4v) is 1.94. The Hall–Kier alpha value is -1.84. The lowest BCUT2D eigenvalue weighted by Crippen LogP contribution is -2.06. The summed E-state index contributed by atoms with van der Waals surface area (Å²) in [7, 11) is 0. The van der Waals surface area contributed by atoms with Crippen LogP contribution in [0.3, 0.4) is 0 Å². The van der Waals surface area contributed by atoms with Crippen molar-refractivity contribution >= 4 is 18.4 Å². The van der Waals surface area contributed by atoms with Gasteiger partial charge in [-0.2, -0.15) is 0 Å². The summed E-state index contributed by atoms with van der Waals surface area (Å²) in [5.74, 6) is -0.291. The van der Waals surface area contributed by atoms with Crippen LogP contribution in [-0.2, 0) is 11.3 Å².